The first-order valence-electron chi connectivity index (χ1n) is 6.66. The molecule has 0 aromatic carbocycles. The van der Waals surface area contributed by atoms with Gasteiger partial charge in [0.05, 0.1) is 11.8 Å². The molecular weight excluding hydrogens is 244 g/mol. The molecule has 1 N–H and O–H groups in total. The van der Waals surface area contributed by atoms with Gasteiger partial charge in [-0.1, -0.05) is 19.9 Å². The predicted molar refractivity (Wildman–Crippen MR) is 74.7 cm³/mol. The molecule has 0 saturated heterocycles. The lowest BCUT2D eigenvalue weighted by molar-refractivity contribution is -0.169. The number of carboxylic acids is 1. The van der Waals surface area contributed by atoms with Crippen LogP contribution in [0.5, 0.6) is 0 Å². The Kier molecular flexibility index (Phi) is 6.81. The fourth-order valence-corrected chi connectivity index (χ4v) is 2.02. The summed E-state index contributed by atoms with van der Waals surface area (Å²) < 4.78 is 5.34. The second-order valence-electron chi connectivity index (χ2n) is 6.11. The number of ether oxygens (including phenoxy) is 1. The van der Waals surface area contributed by atoms with Gasteiger partial charge in [0.15, 0.2) is 0 Å². The first-order chi connectivity index (χ1) is 8.60. The molecule has 0 aliphatic rings. The Labute approximate surface area is 115 Å². The van der Waals surface area contributed by atoms with Crippen LogP contribution in [-0.2, 0) is 14.3 Å². The van der Waals surface area contributed by atoms with Crippen LogP contribution in [0, 0.1) is 17.8 Å². The van der Waals surface area contributed by atoms with Gasteiger partial charge in [-0.3, -0.25) is 9.59 Å². The minimum Gasteiger partial charge on any atom is -0.481 e. The fraction of sp³-hybridized carbons (Fsp3) is 0.733. The number of aliphatic carboxylic acids is 1. The first kappa shape index (κ1) is 17.7. The molecule has 4 heteroatoms. The van der Waals surface area contributed by atoms with E-state index in [0.717, 1.165) is 0 Å². The Morgan fingerprint density at radius 1 is 1.32 bits per heavy atom. The van der Waals surface area contributed by atoms with Crippen molar-refractivity contribution in [2.24, 2.45) is 17.8 Å². The van der Waals surface area contributed by atoms with Crippen molar-refractivity contribution in [3.63, 3.8) is 0 Å². The zero-order valence-electron chi connectivity index (χ0n) is 12.6. The van der Waals surface area contributed by atoms with Crippen LogP contribution in [0.15, 0.2) is 12.7 Å². The van der Waals surface area contributed by atoms with Gasteiger partial charge < -0.3 is 9.84 Å². The number of hydrogen-bond donors (Lipinski definition) is 1. The molecule has 0 rings (SSSR count). The largest absolute Gasteiger partial charge is 0.481 e. The van der Waals surface area contributed by atoms with Crippen LogP contribution < -0.4 is 0 Å². The summed E-state index contributed by atoms with van der Waals surface area (Å²) in [6.07, 6.45) is 2.65. The highest BCUT2D eigenvalue weighted by atomic mass is 16.6. The molecule has 2 atom stereocenters. The number of rotatable bonds is 7. The molecular formula is C15H26O4. The maximum absolute atomic E-state index is 12.2. The van der Waals surface area contributed by atoms with Crippen LogP contribution in [0.25, 0.3) is 0 Å². The Hall–Kier alpha value is -1.32. The fourth-order valence-electron chi connectivity index (χ4n) is 2.02. The summed E-state index contributed by atoms with van der Waals surface area (Å²) in [6, 6.07) is 0. The lowest BCUT2D eigenvalue weighted by Crippen LogP contribution is -2.38. The maximum atomic E-state index is 12.2. The van der Waals surface area contributed by atoms with Crippen molar-refractivity contribution in [1.82, 2.24) is 0 Å². The maximum Gasteiger partial charge on any atom is 0.310 e. The molecule has 0 fully saturated rings. The van der Waals surface area contributed by atoms with E-state index in [1.807, 2.05) is 13.8 Å². The third kappa shape index (κ3) is 6.41. The van der Waals surface area contributed by atoms with Crippen LogP contribution in [0.4, 0.5) is 0 Å². The average Bonchev–Trinajstić information content (AvgIpc) is 2.19. The summed E-state index contributed by atoms with van der Waals surface area (Å²) in [4.78, 5) is 23.6. The molecule has 0 aliphatic heterocycles. The van der Waals surface area contributed by atoms with Crippen molar-refractivity contribution in [3.8, 4) is 0 Å². The monoisotopic (exact) mass is 270 g/mol. The summed E-state index contributed by atoms with van der Waals surface area (Å²) in [5.41, 5.74) is -0.605. The highest BCUT2D eigenvalue weighted by Crippen LogP contribution is 2.28. The number of carbonyl (C=O) groups is 2. The average molecular weight is 270 g/mol. The van der Waals surface area contributed by atoms with E-state index in [1.165, 1.54) is 0 Å². The molecule has 19 heavy (non-hydrogen) atoms. The summed E-state index contributed by atoms with van der Waals surface area (Å²) in [5, 5.41) is 9.32. The van der Waals surface area contributed by atoms with E-state index in [2.05, 4.69) is 6.58 Å². The molecule has 0 heterocycles. The second kappa shape index (κ2) is 7.31. The zero-order valence-corrected chi connectivity index (χ0v) is 12.6. The lowest BCUT2D eigenvalue weighted by Gasteiger charge is -2.29. The second-order valence-corrected chi connectivity index (χ2v) is 6.11. The summed E-state index contributed by atoms with van der Waals surface area (Å²) in [5.74, 6) is -2.82. The quantitative estimate of drug-likeness (QED) is 0.569. The third-order valence-electron chi connectivity index (χ3n) is 2.83. The molecule has 0 aromatic heterocycles. The van der Waals surface area contributed by atoms with Crippen molar-refractivity contribution in [2.75, 3.05) is 0 Å². The molecule has 4 nitrogen and oxygen atoms in total. The Bertz CT molecular complexity index is 326. The van der Waals surface area contributed by atoms with Crippen LogP contribution in [0.2, 0.25) is 0 Å². The highest BCUT2D eigenvalue weighted by molar-refractivity contribution is 5.81. The van der Waals surface area contributed by atoms with E-state index < -0.39 is 29.4 Å². The standard InChI is InChI=1S/C15H26O4/c1-7-8-9-11(13(16)17)12(10(2)3)14(18)19-15(4,5)6/h7,10-12H,1,8-9H2,2-6H3,(H,16,17). The summed E-state index contributed by atoms with van der Waals surface area (Å²) >= 11 is 0. The van der Waals surface area contributed by atoms with Gasteiger partial charge in [-0.2, -0.15) is 0 Å². The summed E-state index contributed by atoms with van der Waals surface area (Å²) in [6.45, 7) is 12.6. The van der Waals surface area contributed by atoms with Crippen LogP contribution in [-0.4, -0.2) is 22.6 Å². The minimum absolute atomic E-state index is 0.0826. The van der Waals surface area contributed by atoms with E-state index in [4.69, 9.17) is 4.74 Å². The zero-order chi connectivity index (χ0) is 15.2. The number of carboxylic acid groups (broad SMARTS) is 1. The Balaban J connectivity index is 5.08. The molecule has 0 aliphatic carbocycles. The predicted octanol–water partition coefficient (Wildman–Crippen LogP) is 3.27. The smallest absolute Gasteiger partial charge is 0.310 e. The van der Waals surface area contributed by atoms with Crippen LogP contribution >= 0.6 is 0 Å². The highest BCUT2D eigenvalue weighted by Gasteiger charge is 2.38. The first-order valence-corrected chi connectivity index (χ1v) is 6.66. The van der Waals surface area contributed by atoms with E-state index in [1.54, 1.807) is 26.8 Å². The van der Waals surface area contributed by atoms with Crippen molar-refractivity contribution in [1.29, 1.82) is 0 Å². The van der Waals surface area contributed by atoms with E-state index in [9.17, 15) is 14.7 Å². The SMILES string of the molecule is C=CCCC(C(=O)O)C(C(=O)OC(C)(C)C)C(C)C. The van der Waals surface area contributed by atoms with Gasteiger partial charge in [0.1, 0.15) is 5.60 Å². The van der Waals surface area contributed by atoms with Gasteiger partial charge in [-0.25, -0.2) is 0 Å². The Morgan fingerprint density at radius 2 is 1.84 bits per heavy atom. The molecule has 0 spiro atoms. The molecule has 2 unspecified atom stereocenters. The van der Waals surface area contributed by atoms with Crippen molar-refractivity contribution < 1.29 is 19.4 Å². The molecule has 0 radical (unpaired) electrons. The third-order valence-corrected chi connectivity index (χ3v) is 2.83. The number of carbonyl (C=O) groups excluding carboxylic acids is 1. The van der Waals surface area contributed by atoms with Gasteiger partial charge >= 0.3 is 11.9 Å². The van der Waals surface area contributed by atoms with E-state index in [0.29, 0.717) is 12.8 Å². The van der Waals surface area contributed by atoms with Gasteiger partial charge in [-0.15, -0.1) is 6.58 Å². The molecule has 110 valence electrons. The Morgan fingerprint density at radius 3 is 2.16 bits per heavy atom. The number of allylic oxidation sites excluding steroid dienone is 1. The van der Waals surface area contributed by atoms with E-state index >= 15 is 0 Å². The van der Waals surface area contributed by atoms with Crippen molar-refractivity contribution >= 4 is 11.9 Å². The van der Waals surface area contributed by atoms with Gasteiger partial charge in [0, 0.05) is 0 Å². The van der Waals surface area contributed by atoms with Crippen molar-refractivity contribution in [2.45, 2.75) is 53.1 Å². The number of esters is 1. The number of hydrogen-bond acceptors (Lipinski definition) is 3. The van der Waals surface area contributed by atoms with Crippen LogP contribution in [0.1, 0.15) is 47.5 Å². The normalized spacial score (nSPS) is 14.8. The molecule has 0 amide bonds. The van der Waals surface area contributed by atoms with Crippen molar-refractivity contribution in [3.05, 3.63) is 12.7 Å². The van der Waals surface area contributed by atoms with Gasteiger partial charge in [0.25, 0.3) is 0 Å². The van der Waals surface area contributed by atoms with Crippen LogP contribution in [0.3, 0.4) is 0 Å². The minimum atomic E-state index is -0.952. The molecule has 0 aromatic rings. The molecule has 0 bridgehead atoms. The summed E-state index contributed by atoms with van der Waals surface area (Å²) in [7, 11) is 0. The molecule has 0 saturated carbocycles. The van der Waals surface area contributed by atoms with Gasteiger partial charge in [-0.05, 0) is 39.5 Å². The lowest BCUT2D eigenvalue weighted by atomic mass is 9.80. The van der Waals surface area contributed by atoms with E-state index in [-0.39, 0.29) is 5.92 Å². The topological polar surface area (TPSA) is 63.6 Å². The van der Waals surface area contributed by atoms with Gasteiger partial charge in [0.2, 0.25) is 0 Å².